The third kappa shape index (κ3) is 3.78. The molecule has 3 nitrogen and oxygen atoms in total. The Morgan fingerprint density at radius 2 is 1.47 bits per heavy atom. The van der Waals surface area contributed by atoms with E-state index in [1.54, 1.807) is 0 Å². The zero-order valence-electron chi connectivity index (χ0n) is 18.7. The largest absolute Gasteiger partial charge is 0.368 e. The van der Waals surface area contributed by atoms with Gasteiger partial charge in [0.2, 0.25) is 0 Å². The van der Waals surface area contributed by atoms with E-state index >= 15 is 0 Å². The SMILES string of the molecule is CC(C)c1ccccc1-c1ccccc1N1CCN(C2CC3(CCNCC3)C2)CC1. The van der Waals surface area contributed by atoms with Crippen molar-refractivity contribution in [2.75, 3.05) is 44.2 Å². The first kappa shape index (κ1) is 20.1. The minimum Gasteiger partial charge on any atom is -0.368 e. The lowest BCUT2D eigenvalue weighted by Gasteiger charge is -2.55. The molecule has 1 spiro atoms. The second-order valence-electron chi connectivity index (χ2n) is 10.1. The lowest BCUT2D eigenvalue weighted by atomic mass is 9.60. The van der Waals surface area contributed by atoms with Crippen molar-refractivity contribution in [2.24, 2.45) is 5.41 Å². The lowest BCUT2D eigenvalue weighted by Crippen LogP contribution is -2.58. The van der Waals surface area contributed by atoms with Crippen LogP contribution in [0.1, 0.15) is 51.0 Å². The smallest absolute Gasteiger partial charge is 0.0446 e. The molecule has 2 aromatic carbocycles. The molecular weight excluding hydrogens is 366 g/mol. The number of anilines is 1. The van der Waals surface area contributed by atoms with Gasteiger partial charge in [0.1, 0.15) is 0 Å². The zero-order valence-corrected chi connectivity index (χ0v) is 18.7. The Bertz CT molecular complexity index is 852. The van der Waals surface area contributed by atoms with Gasteiger partial charge in [-0.2, -0.15) is 0 Å². The first-order chi connectivity index (χ1) is 14.7. The van der Waals surface area contributed by atoms with Crippen LogP contribution in [-0.2, 0) is 0 Å². The van der Waals surface area contributed by atoms with Gasteiger partial charge >= 0.3 is 0 Å². The fourth-order valence-corrected chi connectivity index (χ4v) is 6.11. The summed E-state index contributed by atoms with van der Waals surface area (Å²) in [6, 6.07) is 18.8. The molecule has 0 bridgehead atoms. The number of nitrogens with one attached hydrogen (secondary N) is 1. The minimum absolute atomic E-state index is 0.534. The standard InChI is InChI=1S/C27H37N3/c1-21(2)23-7-3-4-8-24(23)25-9-5-6-10-26(25)30-17-15-29(16-18-30)22-19-27(20-22)11-13-28-14-12-27/h3-10,21-22,28H,11-20H2,1-2H3. The van der Waals surface area contributed by atoms with E-state index in [0.29, 0.717) is 11.3 Å². The Hall–Kier alpha value is -1.84. The summed E-state index contributed by atoms with van der Waals surface area (Å²) in [7, 11) is 0. The van der Waals surface area contributed by atoms with Crippen LogP contribution < -0.4 is 10.2 Å². The number of benzene rings is 2. The van der Waals surface area contributed by atoms with E-state index in [9.17, 15) is 0 Å². The van der Waals surface area contributed by atoms with E-state index in [0.717, 1.165) is 19.1 Å². The molecule has 0 aromatic heterocycles. The van der Waals surface area contributed by atoms with Crippen LogP contribution in [0.5, 0.6) is 0 Å². The van der Waals surface area contributed by atoms with Gasteiger partial charge in [-0.15, -0.1) is 0 Å². The molecule has 30 heavy (non-hydrogen) atoms. The molecule has 2 saturated heterocycles. The molecule has 5 rings (SSSR count). The predicted octanol–water partition coefficient (Wildman–Crippen LogP) is 5.13. The number of piperidine rings is 1. The number of para-hydroxylation sites is 1. The Morgan fingerprint density at radius 1 is 0.833 bits per heavy atom. The molecule has 3 heteroatoms. The summed E-state index contributed by atoms with van der Waals surface area (Å²) in [5, 5.41) is 3.54. The van der Waals surface area contributed by atoms with Crippen LogP contribution in [0.15, 0.2) is 48.5 Å². The van der Waals surface area contributed by atoms with E-state index in [1.807, 2.05) is 0 Å². The van der Waals surface area contributed by atoms with Crippen molar-refractivity contribution in [1.82, 2.24) is 10.2 Å². The second kappa shape index (κ2) is 8.36. The summed E-state index contributed by atoms with van der Waals surface area (Å²) in [4.78, 5) is 5.41. The molecule has 2 heterocycles. The van der Waals surface area contributed by atoms with E-state index in [1.165, 1.54) is 74.2 Å². The first-order valence-electron chi connectivity index (χ1n) is 12.0. The van der Waals surface area contributed by atoms with Gasteiger partial charge in [0.05, 0.1) is 0 Å². The number of nitrogens with zero attached hydrogens (tertiary/aromatic N) is 2. The second-order valence-corrected chi connectivity index (χ2v) is 10.1. The topological polar surface area (TPSA) is 18.5 Å². The van der Waals surface area contributed by atoms with Gasteiger partial charge in [-0.25, -0.2) is 0 Å². The van der Waals surface area contributed by atoms with E-state index in [2.05, 4.69) is 77.5 Å². The molecule has 2 aliphatic heterocycles. The van der Waals surface area contributed by atoms with Crippen molar-refractivity contribution in [1.29, 1.82) is 0 Å². The highest BCUT2D eigenvalue weighted by Crippen LogP contribution is 2.50. The monoisotopic (exact) mass is 403 g/mol. The zero-order chi connectivity index (χ0) is 20.6. The van der Waals surface area contributed by atoms with Gasteiger partial charge in [-0.05, 0) is 67.3 Å². The summed E-state index contributed by atoms with van der Waals surface area (Å²) in [6.07, 6.45) is 5.66. The normalized spacial score (nSPS) is 22.4. The molecule has 1 N–H and O–H groups in total. The molecule has 0 radical (unpaired) electrons. The van der Waals surface area contributed by atoms with E-state index in [4.69, 9.17) is 0 Å². The van der Waals surface area contributed by atoms with Gasteiger partial charge in [-0.1, -0.05) is 56.3 Å². The van der Waals surface area contributed by atoms with Crippen LogP contribution in [-0.4, -0.2) is 50.2 Å². The lowest BCUT2D eigenvalue weighted by molar-refractivity contribution is -0.0224. The molecule has 0 amide bonds. The molecule has 3 aliphatic rings. The van der Waals surface area contributed by atoms with Crippen LogP contribution >= 0.6 is 0 Å². The molecular formula is C27H37N3. The van der Waals surface area contributed by atoms with Crippen LogP contribution in [0.4, 0.5) is 5.69 Å². The molecule has 1 saturated carbocycles. The van der Waals surface area contributed by atoms with Crippen molar-refractivity contribution in [3.63, 3.8) is 0 Å². The van der Waals surface area contributed by atoms with Gasteiger partial charge in [0.25, 0.3) is 0 Å². The summed E-state index contributed by atoms with van der Waals surface area (Å²) in [5.41, 5.74) is 6.34. The van der Waals surface area contributed by atoms with Crippen molar-refractivity contribution >= 4 is 5.69 Å². The highest BCUT2D eigenvalue weighted by Gasteiger charge is 2.46. The Morgan fingerprint density at radius 3 is 2.17 bits per heavy atom. The average Bonchev–Trinajstić information content (AvgIpc) is 2.78. The predicted molar refractivity (Wildman–Crippen MR) is 127 cm³/mol. The average molecular weight is 404 g/mol. The van der Waals surface area contributed by atoms with Crippen LogP contribution in [0.3, 0.4) is 0 Å². The van der Waals surface area contributed by atoms with Crippen molar-refractivity contribution in [3.05, 3.63) is 54.1 Å². The number of rotatable bonds is 4. The van der Waals surface area contributed by atoms with Gasteiger partial charge < -0.3 is 10.2 Å². The molecule has 2 aromatic rings. The Balaban J connectivity index is 1.28. The van der Waals surface area contributed by atoms with Crippen molar-refractivity contribution < 1.29 is 0 Å². The highest BCUT2D eigenvalue weighted by molar-refractivity contribution is 5.81. The molecule has 1 aliphatic carbocycles. The van der Waals surface area contributed by atoms with Crippen LogP contribution in [0.25, 0.3) is 11.1 Å². The van der Waals surface area contributed by atoms with Gasteiger partial charge in [0.15, 0.2) is 0 Å². The van der Waals surface area contributed by atoms with Crippen LogP contribution in [0, 0.1) is 5.41 Å². The fraction of sp³-hybridized carbons (Fsp3) is 0.556. The Kier molecular flexibility index (Phi) is 5.59. The number of hydrogen-bond donors (Lipinski definition) is 1. The van der Waals surface area contributed by atoms with E-state index in [-0.39, 0.29) is 0 Å². The first-order valence-corrected chi connectivity index (χ1v) is 12.0. The van der Waals surface area contributed by atoms with E-state index < -0.39 is 0 Å². The maximum Gasteiger partial charge on any atom is 0.0446 e. The van der Waals surface area contributed by atoms with Crippen LogP contribution in [0.2, 0.25) is 0 Å². The van der Waals surface area contributed by atoms with Crippen molar-refractivity contribution in [2.45, 2.75) is 51.5 Å². The molecule has 0 unspecified atom stereocenters. The summed E-state index contributed by atoms with van der Waals surface area (Å²) in [5.74, 6) is 0.534. The maximum atomic E-state index is 3.54. The number of piperazine rings is 1. The molecule has 0 atom stereocenters. The summed E-state index contributed by atoms with van der Waals surface area (Å²) < 4.78 is 0. The third-order valence-corrected chi connectivity index (χ3v) is 7.95. The van der Waals surface area contributed by atoms with Gasteiger partial charge in [-0.3, -0.25) is 4.90 Å². The van der Waals surface area contributed by atoms with Crippen molar-refractivity contribution in [3.8, 4) is 11.1 Å². The Labute approximate surface area is 182 Å². The maximum absolute atomic E-state index is 3.54. The molecule has 3 fully saturated rings. The highest BCUT2D eigenvalue weighted by atomic mass is 15.3. The third-order valence-electron chi connectivity index (χ3n) is 7.95. The van der Waals surface area contributed by atoms with Gasteiger partial charge in [0, 0.05) is 43.5 Å². The molecule has 160 valence electrons. The summed E-state index contributed by atoms with van der Waals surface area (Å²) >= 11 is 0. The minimum atomic E-state index is 0.534. The quantitative estimate of drug-likeness (QED) is 0.763. The number of hydrogen-bond acceptors (Lipinski definition) is 3. The summed E-state index contributed by atoms with van der Waals surface area (Å²) in [6.45, 7) is 11.8. The fourth-order valence-electron chi connectivity index (χ4n) is 6.11.